The lowest BCUT2D eigenvalue weighted by Gasteiger charge is -2.27. The van der Waals surface area contributed by atoms with Crippen LogP contribution in [0.3, 0.4) is 0 Å². The summed E-state index contributed by atoms with van der Waals surface area (Å²) in [5.74, 6) is -2.67. The fourth-order valence-electron chi connectivity index (χ4n) is 1.75. The van der Waals surface area contributed by atoms with E-state index in [0.717, 1.165) is 5.56 Å². The number of rotatable bonds is 4. The maximum absolute atomic E-state index is 12.0. The van der Waals surface area contributed by atoms with Crippen LogP contribution in [0.4, 0.5) is 0 Å². The van der Waals surface area contributed by atoms with Gasteiger partial charge in [0.1, 0.15) is 5.92 Å². The van der Waals surface area contributed by atoms with Crippen molar-refractivity contribution < 1.29 is 14.7 Å². The number of carbonyl (C=O) groups is 2. The molecule has 18 heavy (non-hydrogen) atoms. The van der Waals surface area contributed by atoms with Gasteiger partial charge in [-0.3, -0.25) is 14.7 Å². The largest absolute Gasteiger partial charge is 0.481 e. The molecule has 1 rings (SSSR count). The molecule has 0 aliphatic heterocycles. The zero-order chi connectivity index (χ0) is 13.9. The van der Waals surface area contributed by atoms with Crippen LogP contribution >= 0.6 is 0 Å². The van der Waals surface area contributed by atoms with Crippen LogP contribution in [0.25, 0.3) is 0 Å². The maximum Gasteiger partial charge on any atom is 0.316 e. The van der Waals surface area contributed by atoms with E-state index in [1.165, 1.54) is 0 Å². The number of nitrogens with zero attached hydrogens (tertiary/aromatic N) is 1. The zero-order valence-electron chi connectivity index (χ0n) is 11.0. The minimum absolute atomic E-state index is 0.277. The molecule has 6 nitrogen and oxygen atoms in total. The lowest BCUT2D eigenvalue weighted by molar-refractivity contribution is -0.151. The molecule has 0 aliphatic rings. The van der Waals surface area contributed by atoms with Gasteiger partial charge in [0.15, 0.2) is 0 Å². The third-order valence-corrected chi connectivity index (χ3v) is 2.75. The number of H-pyrrole nitrogens is 1. The van der Waals surface area contributed by atoms with Gasteiger partial charge in [-0.1, -0.05) is 20.8 Å². The minimum atomic E-state index is -1.11. The standard InChI is InChI=1S/C12H19N3O3/c1-7(8-5-13-14-6-8)15-10(16)9(11(17)18)12(2,3)4/h5-7,9H,1-4H3,(H,13,14)(H,15,16)(H,17,18). The quantitative estimate of drug-likeness (QED) is 0.705. The molecule has 0 aromatic carbocycles. The number of amides is 1. The third-order valence-electron chi connectivity index (χ3n) is 2.75. The van der Waals surface area contributed by atoms with E-state index in [1.807, 2.05) is 0 Å². The van der Waals surface area contributed by atoms with E-state index in [2.05, 4.69) is 15.5 Å². The Hall–Kier alpha value is -1.85. The predicted octanol–water partition coefficient (Wildman–Crippen LogP) is 1.33. The Bertz CT molecular complexity index is 420. The van der Waals surface area contributed by atoms with E-state index < -0.39 is 23.2 Å². The highest BCUT2D eigenvalue weighted by molar-refractivity contribution is 5.97. The SMILES string of the molecule is CC(NC(=O)C(C(=O)O)C(C)(C)C)c1cn[nH]c1. The Morgan fingerprint density at radius 1 is 1.44 bits per heavy atom. The molecule has 1 aromatic heterocycles. The highest BCUT2D eigenvalue weighted by Gasteiger charge is 2.38. The van der Waals surface area contributed by atoms with Crippen molar-refractivity contribution >= 4 is 11.9 Å². The van der Waals surface area contributed by atoms with Crippen LogP contribution in [0, 0.1) is 11.3 Å². The molecule has 0 saturated carbocycles. The number of carboxylic acid groups (broad SMARTS) is 1. The maximum atomic E-state index is 12.0. The highest BCUT2D eigenvalue weighted by Crippen LogP contribution is 2.27. The Morgan fingerprint density at radius 3 is 2.44 bits per heavy atom. The average Bonchev–Trinajstić information content (AvgIpc) is 2.65. The number of aromatic amines is 1. The molecular formula is C12H19N3O3. The lowest BCUT2D eigenvalue weighted by Crippen LogP contribution is -2.43. The fraction of sp³-hybridized carbons (Fsp3) is 0.583. The molecule has 0 bridgehead atoms. The first kappa shape index (κ1) is 14.2. The molecule has 0 radical (unpaired) electrons. The van der Waals surface area contributed by atoms with Crippen molar-refractivity contribution in [3.05, 3.63) is 18.0 Å². The van der Waals surface area contributed by atoms with Crippen molar-refractivity contribution in [1.29, 1.82) is 0 Å². The van der Waals surface area contributed by atoms with Crippen molar-refractivity contribution in [2.75, 3.05) is 0 Å². The van der Waals surface area contributed by atoms with Gasteiger partial charge in [0, 0.05) is 11.8 Å². The van der Waals surface area contributed by atoms with Gasteiger partial charge in [-0.15, -0.1) is 0 Å². The van der Waals surface area contributed by atoms with Gasteiger partial charge in [-0.25, -0.2) is 0 Å². The van der Waals surface area contributed by atoms with Crippen LogP contribution in [-0.4, -0.2) is 27.2 Å². The molecule has 0 spiro atoms. The summed E-state index contributed by atoms with van der Waals surface area (Å²) in [6.45, 7) is 6.97. The summed E-state index contributed by atoms with van der Waals surface area (Å²) in [7, 11) is 0. The number of carboxylic acids is 1. The first-order chi connectivity index (χ1) is 8.23. The van der Waals surface area contributed by atoms with Gasteiger partial charge in [0.05, 0.1) is 12.2 Å². The Kier molecular flexibility index (Phi) is 4.11. The molecule has 1 amide bonds. The first-order valence-corrected chi connectivity index (χ1v) is 5.75. The summed E-state index contributed by atoms with van der Waals surface area (Å²) in [6, 6.07) is -0.277. The Labute approximate surface area is 106 Å². The number of aliphatic carboxylic acids is 1. The summed E-state index contributed by atoms with van der Waals surface area (Å²) >= 11 is 0. The van der Waals surface area contributed by atoms with Crippen LogP contribution < -0.4 is 5.32 Å². The average molecular weight is 253 g/mol. The van der Waals surface area contributed by atoms with Gasteiger partial charge >= 0.3 is 5.97 Å². The Morgan fingerprint density at radius 2 is 2.06 bits per heavy atom. The number of nitrogens with one attached hydrogen (secondary N) is 2. The predicted molar refractivity (Wildman–Crippen MR) is 65.7 cm³/mol. The molecule has 0 saturated heterocycles. The van der Waals surface area contributed by atoms with Crippen LogP contribution in [0.5, 0.6) is 0 Å². The lowest BCUT2D eigenvalue weighted by atomic mass is 9.80. The van der Waals surface area contributed by atoms with Gasteiger partial charge < -0.3 is 10.4 Å². The summed E-state index contributed by atoms with van der Waals surface area (Å²) in [5.41, 5.74) is 0.174. The van der Waals surface area contributed by atoms with Crippen molar-refractivity contribution in [3.8, 4) is 0 Å². The van der Waals surface area contributed by atoms with E-state index >= 15 is 0 Å². The van der Waals surface area contributed by atoms with Gasteiger partial charge in [-0.05, 0) is 12.3 Å². The second-order valence-electron chi connectivity index (χ2n) is 5.40. The smallest absolute Gasteiger partial charge is 0.316 e. The van der Waals surface area contributed by atoms with Crippen LogP contribution in [0.1, 0.15) is 39.3 Å². The normalized spacial score (nSPS) is 14.9. The second-order valence-corrected chi connectivity index (χ2v) is 5.40. The molecule has 2 unspecified atom stereocenters. The molecule has 0 aliphatic carbocycles. The minimum Gasteiger partial charge on any atom is -0.481 e. The van der Waals surface area contributed by atoms with Crippen molar-refractivity contribution in [2.45, 2.75) is 33.7 Å². The number of hydrogen-bond donors (Lipinski definition) is 3. The number of aromatic nitrogens is 2. The summed E-state index contributed by atoms with van der Waals surface area (Å²) < 4.78 is 0. The van der Waals surface area contributed by atoms with Crippen LogP contribution in [0.15, 0.2) is 12.4 Å². The van der Waals surface area contributed by atoms with Gasteiger partial charge in [-0.2, -0.15) is 5.10 Å². The molecule has 2 atom stereocenters. The van der Waals surface area contributed by atoms with E-state index in [-0.39, 0.29) is 6.04 Å². The Balaban J connectivity index is 2.77. The van der Waals surface area contributed by atoms with E-state index in [1.54, 1.807) is 40.1 Å². The fourth-order valence-corrected chi connectivity index (χ4v) is 1.75. The molecular weight excluding hydrogens is 234 g/mol. The van der Waals surface area contributed by atoms with Crippen LogP contribution in [0.2, 0.25) is 0 Å². The molecule has 3 N–H and O–H groups in total. The third kappa shape index (κ3) is 3.32. The van der Waals surface area contributed by atoms with Crippen LogP contribution in [-0.2, 0) is 9.59 Å². The van der Waals surface area contributed by atoms with Gasteiger partial charge in [0.25, 0.3) is 0 Å². The summed E-state index contributed by atoms with van der Waals surface area (Å²) in [6.07, 6.45) is 3.26. The zero-order valence-corrected chi connectivity index (χ0v) is 11.0. The first-order valence-electron chi connectivity index (χ1n) is 5.75. The van der Waals surface area contributed by atoms with Crippen molar-refractivity contribution in [1.82, 2.24) is 15.5 Å². The molecule has 1 heterocycles. The topological polar surface area (TPSA) is 95.1 Å². The molecule has 1 aromatic rings. The van der Waals surface area contributed by atoms with Gasteiger partial charge in [0.2, 0.25) is 5.91 Å². The second kappa shape index (κ2) is 5.20. The molecule has 100 valence electrons. The van der Waals surface area contributed by atoms with Crippen molar-refractivity contribution in [3.63, 3.8) is 0 Å². The van der Waals surface area contributed by atoms with Crippen molar-refractivity contribution in [2.24, 2.45) is 11.3 Å². The van der Waals surface area contributed by atoms with E-state index in [9.17, 15) is 9.59 Å². The summed E-state index contributed by atoms with van der Waals surface area (Å²) in [4.78, 5) is 23.2. The number of hydrogen-bond acceptors (Lipinski definition) is 3. The molecule has 6 heteroatoms. The highest BCUT2D eigenvalue weighted by atomic mass is 16.4. The van der Waals surface area contributed by atoms with E-state index in [0.29, 0.717) is 0 Å². The number of carbonyl (C=O) groups excluding carboxylic acids is 1. The summed E-state index contributed by atoms with van der Waals surface area (Å²) in [5, 5.41) is 18.3. The van der Waals surface area contributed by atoms with E-state index in [4.69, 9.17) is 5.11 Å². The molecule has 0 fully saturated rings. The monoisotopic (exact) mass is 253 g/mol.